The quantitative estimate of drug-likeness (QED) is 0.672. The fraction of sp³-hybridized carbons (Fsp3) is 0.353. The van der Waals surface area contributed by atoms with E-state index in [1.54, 1.807) is 0 Å². The number of hydrogen-bond donors (Lipinski definition) is 2. The number of rotatable bonds is 4. The average molecular weight is 296 g/mol. The van der Waals surface area contributed by atoms with Gasteiger partial charge in [-0.15, -0.1) is 0 Å². The number of nitrogens with one attached hydrogen (secondary N) is 2. The molecule has 3 rings (SSSR count). The van der Waals surface area contributed by atoms with Crippen LogP contribution in [0.4, 0.5) is 0 Å². The Kier molecular flexibility index (Phi) is 4.32. The number of carbonyl (C=O) groups is 1. The van der Waals surface area contributed by atoms with Crippen molar-refractivity contribution in [3.8, 4) is 0 Å². The molecule has 1 aliphatic carbocycles. The summed E-state index contributed by atoms with van der Waals surface area (Å²) in [5.74, 6) is -0.230. The molecule has 22 heavy (non-hydrogen) atoms. The molecule has 1 aliphatic rings. The first-order valence-electron chi connectivity index (χ1n) is 7.67. The summed E-state index contributed by atoms with van der Waals surface area (Å²) in [6.07, 6.45) is 4.89. The fourth-order valence-electron chi connectivity index (χ4n) is 2.80. The fourth-order valence-corrected chi connectivity index (χ4v) is 2.80. The van der Waals surface area contributed by atoms with E-state index < -0.39 is 0 Å². The molecule has 5 nitrogen and oxygen atoms in total. The second kappa shape index (κ2) is 6.56. The van der Waals surface area contributed by atoms with Gasteiger partial charge in [0.15, 0.2) is 5.69 Å². The first-order chi connectivity index (χ1) is 10.7. The lowest BCUT2D eigenvalue weighted by Crippen LogP contribution is -2.21. The van der Waals surface area contributed by atoms with Crippen molar-refractivity contribution in [1.82, 2.24) is 15.6 Å². The highest BCUT2D eigenvalue weighted by molar-refractivity contribution is 5.95. The van der Waals surface area contributed by atoms with E-state index in [1.165, 1.54) is 5.56 Å². The van der Waals surface area contributed by atoms with E-state index >= 15 is 0 Å². The van der Waals surface area contributed by atoms with Crippen LogP contribution in [0.1, 0.15) is 47.1 Å². The van der Waals surface area contributed by atoms with Crippen LogP contribution in [-0.4, -0.2) is 21.8 Å². The number of benzene rings is 1. The average Bonchev–Trinajstić information content (AvgIpc) is 2.98. The molecule has 5 heteroatoms. The van der Waals surface area contributed by atoms with Crippen molar-refractivity contribution in [1.29, 1.82) is 0 Å². The van der Waals surface area contributed by atoms with Gasteiger partial charge in [0.2, 0.25) is 0 Å². The Morgan fingerprint density at radius 1 is 1.27 bits per heavy atom. The summed E-state index contributed by atoms with van der Waals surface area (Å²) in [7, 11) is 0. The third-order valence-electron chi connectivity index (χ3n) is 3.92. The number of carbonyl (C=O) groups excluding carboxylic acids is 1. The Bertz CT molecular complexity index is 688. The van der Waals surface area contributed by atoms with Gasteiger partial charge in [-0.2, -0.15) is 10.2 Å². The van der Waals surface area contributed by atoms with Crippen LogP contribution in [0.5, 0.6) is 0 Å². The molecule has 0 fully saturated rings. The lowest BCUT2D eigenvalue weighted by Gasteiger charge is -2.10. The molecular weight excluding hydrogens is 276 g/mol. The van der Waals surface area contributed by atoms with Gasteiger partial charge in [0.25, 0.3) is 5.91 Å². The van der Waals surface area contributed by atoms with Gasteiger partial charge in [-0.05, 0) is 38.2 Å². The Morgan fingerprint density at radius 2 is 2.05 bits per heavy atom. The van der Waals surface area contributed by atoms with Gasteiger partial charge in [-0.3, -0.25) is 9.89 Å². The third kappa shape index (κ3) is 3.24. The van der Waals surface area contributed by atoms with E-state index in [1.807, 2.05) is 37.3 Å². The Morgan fingerprint density at radius 3 is 2.86 bits per heavy atom. The van der Waals surface area contributed by atoms with Crippen LogP contribution in [0, 0.1) is 0 Å². The van der Waals surface area contributed by atoms with Crippen molar-refractivity contribution in [2.45, 2.75) is 39.0 Å². The van der Waals surface area contributed by atoms with E-state index in [0.717, 1.165) is 49.1 Å². The molecule has 2 aromatic rings. The van der Waals surface area contributed by atoms with Gasteiger partial charge in [0, 0.05) is 23.4 Å². The van der Waals surface area contributed by atoms with E-state index in [-0.39, 0.29) is 5.91 Å². The molecule has 0 unspecified atom stereocenters. The summed E-state index contributed by atoms with van der Waals surface area (Å²) in [5, 5.41) is 11.3. The first-order valence-corrected chi connectivity index (χ1v) is 7.67. The number of nitrogens with zero attached hydrogens (tertiary/aromatic N) is 2. The van der Waals surface area contributed by atoms with Crippen LogP contribution >= 0.6 is 0 Å². The minimum atomic E-state index is -0.230. The maximum Gasteiger partial charge on any atom is 0.292 e. The monoisotopic (exact) mass is 296 g/mol. The second-order valence-electron chi connectivity index (χ2n) is 5.69. The van der Waals surface area contributed by atoms with Gasteiger partial charge < -0.3 is 0 Å². The summed E-state index contributed by atoms with van der Waals surface area (Å²) in [5.41, 5.74) is 7.31. The van der Waals surface area contributed by atoms with E-state index in [0.29, 0.717) is 5.69 Å². The number of H-pyrrole nitrogens is 1. The molecule has 0 atom stereocenters. The zero-order valence-corrected chi connectivity index (χ0v) is 12.7. The summed E-state index contributed by atoms with van der Waals surface area (Å²) in [6.45, 7) is 1.91. The van der Waals surface area contributed by atoms with Gasteiger partial charge in [0.05, 0.1) is 0 Å². The van der Waals surface area contributed by atoms with Crippen LogP contribution in [0.25, 0.3) is 0 Å². The largest absolute Gasteiger partial charge is 0.292 e. The van der Waals surface area contributed by atoms with Crippen molar-refractivity contribution < 1.29 is 4.79 Å². The zero-order valence-electron chi connectivity index (χ0n) is 12.7. The first kappa shape index (κ1) is 14.5. The molecule has 1 aromatic heterocycles. The van der Waals surface area contributed by atoms with Crippen LogP contribution in [0.2, 0.25) is 0 Å². The molecule has 0 bridgehead atoms. The van der Waals surface area contributed by atoms with E-state index in [2.05, 4.69) is 20.7 Å². The predicted octanol–water partition coefficient (Wildman–Crippen LogP) is 2.64. The van der Waals surface area contributed by atoms with Crippen LogP contribution in [-0.2, 0) is 19.3 Å². The molecule has 2 N–H and O–H groups in total. The molecule has 114 valence electrons. The molecule has 0 spiro atoms. The number of aromatic amines is 1. The maximum absolute atomic E-state index is 12.2. The van der Waals surface area contributed by atoms with Gasteiger partial charge in [0.1, 0.15) is 0 Å². The highest BCUT2D eigenvalue weighted by atomic mass is 16.2. The van der Waals surface area contributed by atoms with Crippen molar-refractivity contribution in [3.63, 3.8) is 0 Å². The number of hydrogen-bond acceptors (Lipinski definition) is 3. The Labute approximate surface area is 129 Å². The molecule has 0 saturated carbocycles. The highest BCUT2D eigenvalue weighted by Crippen LogP contribution is 2.21. The molecule has 0 radical (unpaired) electrons. The summed E-state index contributed by atoms with van der Waals surface area (Å²) < 4.78 is 0. The predicted molar refractivity (Wildman–Crippen MR) is 86.0 cm³/mol. The molecular formula is C17H20N4O. The summed E-state index contributed by atoms with van der Waals surface area (Å²) in [4.78, 5) is 12.2. The Balaban J connectivity index is 1.64. The van der Waals surface area contributed by atoms with Crippen molar-refractivity contribution in [3.05, 3.63) is 52.8 Å². The SMILES string of the molecule is C/C(Cc1ccccc1)=N\NC(=O)c1n[nH]c2c1CCCC2. The van der Waals surface area contributed by atoms with Gasteiger partial charge in [-0.25, -0.2) is 5.43 Å². The van der Waals surface area contributed by atoms with Crippen LogP contribution in [0.15, 0.2) is 35.4 Å². The molecule has 1 heterocycles. The number of amides is 1. The number of hydrazone groups is 1. The van der Waals surface area contributed by atoms with Crippen molar-refractivity contribution >= 4 is 11.6 Å². The smallest absolute Gasteiger partial charge is 0.281 e. The number of aryl methyl sites for hydroxylation is 1. The third-order valence-corrected chi connectivity index (χ3v) is 3.92. The van der Waals surface area contributed by atoms with Crippen molar-refractivity contribution in [2.24, 2.45) is 5.10 Å². The Hall–Kier alpha value is -2.43. The molecule has 0 saturated heterocycles. The molecule has 1 aromatic carbocycles. The second-order valence-corrected chi connectivity index (χ2v) is 5.69. The van der Waals surface area contributed by atoms with E-state index in [9.17, 15) is 4.79 Å². The highest BCUT2D eigenvalue weighted by Gasteiger charge is 2.21. The van der Waals surface area contributed by atoms with Gasteiger partial charge >= 0.3 is 0 Å². The van der Waals surface area contributed by atoms with Crippen LogP contribution in [0.3, 0.4) is 0 Å². The molecule has 0 aliphatic heterocycles. The lowest BCUT2D eigenvalue weighted by molar-refractivity contribution is 0.0948. The standard InChI is InChI=1S/C17H20N4O/c1-12(11-13-7-3-2-4-8-13)18-21-17(22)16-14-9-5-6-10-15(14)19-20-16/h2-4,7-8H,5-6,9-11H2,1H3,(H,19,20)(H,21,22)/b18-12+. The van der Waals surface area contributed by atoms with E-state index in [4.69, 9.17) is 0 Å². The van der Waals surface area contributed by atoms with Crippen LogP contribution < -0.4 is 5.43 Å². The summed E-state index contributed by atoms with van der Waals surface area (Å²) >= 11 is 0. The maximum atomic E-state index is 12.2. The van der Waals surface area contributed by atoms with Gasteiger partial charge in [-0.1, -0.05) is 30.3 Å². The summed E-state index contributed by atoms with van der Waals surface area (Å²) in [6, 6.07) is 10.1. The normalized spacial score (nSPS) is 14.5. The topological polar surface area (TPSA) is 70.1 Å². The van der Waals surface area contributed by atoms with Crippen molar-refractivity contribution in [2.75, 3.05) is 0 Å². The number of aromatic nitrogens is 2. The minimum Gasteiger partial charge on any atom is -0.281 e. The number of fused-ring (bicyclic) bond motifs is 1. The lowest BCUT2D eigenvalue weighted by atomic mass is 9.96. The minimum absolute atomic E-state index is 0.230. The zero-order chi connectivity index (χ0) is 15.4. The molecule has 1 amide bonds.